The molecule has 1 rings (SSSR count). The van der Waals surface area contributed by atoms with Crippen LogP contribution in [0, 0.1) is 0 Å². The molecule has 2 atom stereocenters. The van der Waals surface area contributed by atoms with Crippen LogP contribution in [-0.2, 0) is 10.8 Å². The number of benzene rings is 1. The van der Waals surface area contributed by atoms with E-state index < -0.39 is 10.8 Å². The van der Waals surface area contributed by atoms with Gasteiger partial charge in [0.1, 0.15) is 0 Å². The lowest BCUT2D eigenvalue weighted by Gasteiger charge is -2.14. The molecule has 2 unspecified atom stereocenters. The second-order valence-corrected chi connectivity index (χ2v) is 6.49. The summed E-state index contributed by atoms with van der Waals surface area (Å²) in [6.45, 7) is 5.05. The largest absolute Gasteiger partial charge is 0.399 e. The zero-order chi connectivity index (χ0) is 15.1. The topological polar surface area (TPSA) is 84.2 Å². The Morgan fingerprint density at radius 3 is 2.75 bits per heavy atom. The van der Waals surface area contributed by atoms with Gasteiger partial charge in [-0.3, -0.25) is 9.00 Å². The van der Waals surface area contributed by atoms with Gasteiger partial charge in [-0.1, -0.05) is 6.92 Å². The van der Waals surface area contributed by atoms with E-state index in [0.717, 1.165) is 6.42 Å². The standard InChI is InChI=1S/C14H23N3O2S/c1-4-16-14(18)12-6-5-11(15)9-13(12)17-8-7-10(2)20(3)19/h5-6,9-10,17H,4,7-8,15H2,1-3H3,(H,16,18). The van der Waals surface area contributed by atoms with Crippen molar-refractivity contribution >= 4 is 28.1 Å². The second kappa shape index (κ2) is 7.89. The molecular weight excluding hydrogens is 274 g/mol. The first-order chi connectivity index (χ1) is 9.45. The third-order valence-electron chi connectivity index (χ3n) is 3.06. The van der Waals surface area contributed by atoms with E-state index in [1.165, 1.54) is 0 Å². The molecule has 0 aliphatic rings. The zero-order valence-electron chi connectivity index (χ0n) is 12.2. The molecule has 1 aromatic carbocycles. The maximum absolute atomic E-state index is 11.9. The summed E-state index contributed by atoms with van der Waals surface area (Å²) in [6, 6.07) is 5.17. The molecule has 0 saturated heterocycles. The first kappa shape index (κ1) is 16.5. The Balaban J connectivity index is 2.74. The number of carbonyl (C=O) groups is 1. The van der Waals surface area contributed by atoms with Crippen LogP contribution in [0.5, 0.6) is 0 Å². The SMILES string of the molecule is CCNC(=O)c1ccc(N)cc1NCCC(C)S(C)=O. The molecule has 1 amide bonds. The van der Waals surface area contributed by atoms with Crippen LogP contribution in [0.1, 0.15) is 30.6 Å². The minimum Gasteiger partial charge on any atom is -0.399 e. The highest BCUT2D eigenvalue weighted by Crippen LogP contribution is 2.19. The fourth-order valence-corrected chi connectivity index (χ4v) is 2.19. The lowest BCUT2D eigenvalue weighted by atomic mass is 10.1. The average Bonchev–Trinajstić information content (AvgIpc) is 2.38. The van der Waals surface area contributed by atoms with E-state index in [1.807, 2.05) is 13.8 Å². The minimum atomic E-state index is -0.834. The molecule has 0 aliphatic carbocycles. The third kappa shape index (κ3) is 4.85. The molecule has 0 fully saturated rings. The molecule has 0 saturated carbocycles. The Morgan fingerprint density at radius 1 is 1.45 bits per heavy atom. The molecule has 1 aromatic rings. The highest BCUT2D eigenvalue weighted by Gasteiger charge is 2.11. The Labute approximate surface area is 122 Å². The molecule has 6 heteroatoms. The van der Waals surface area contributed by atoms with Crippen molar-refractivity contribution in [3.63, 3.8) is 0 Å². The fraction of sp³-hybridized carbons (Fsp3) is 0.500. The van der Waals surface area contributed by atoms with Crippen LogP contribution < -0.4 is 16.4 Å². The summed E-state index contributed by atoms with van der Waals surface area (Å²) in [5, 5.41) is 6.10. The first-order valence-electron chi connectivity index (χ1n) is 6.69. The van der Waals surface area contributed by atoms with Gasteiger partial charge in [-0.25, -0.2) is 0 Å². The Bertz CT molecular complexity index is 491. The molecule has 0 radical (unpaired) electrons. The van der Waals surface area contributed by atoms with Gasteiger partial charge in [-0.2, -0.15) is 0 Å². The minimum absolute atomic E-state index is 0.122. The van der Waals surface area contributed by atoms with Gasteiger partial charge in [-0.15, -0.1) is 0 Å². The summed E-state index contributed by atoms with van der Waals surface area (Å²) >= 11 is 0. The van der Waals surface area contributed by atoms with Crippen molar-refractivity contribution in [1.29, 1.82) is 0 Å². The van der Waals surface area contributed by atoms with Crippen molar-refractivity contribution in [3.05, 3.63) is 23.8 Å². The van der Waals surface area contributed by atoms with E-state index in [1.54, 1.807) is 24.5 Å². The Morgan fingerprint density at radius 2 is 2.15 bits per heavy atom. The Hall–Kier alpha value is -1.56. The van der Waals surface area contributed by atoms with E-state index in [-0.39, 0.29) is 11.2 Å². The van der Waals surface area contributed by atoms with Gasteiger partial charge in [0.25, 0.3) is 5.91 Å². The van der Waals surface area contributed by atoms with Crippen LogP contribution in [0.4, 0.5) is 11.4 Å². The van der Waals surface area contributed by atoms with Crippen LogP contribution in [0.2, 0.25) is 0 Å². The van der Waals surface area contributed by atoms with Gasteiger partial charge < -0.3 is 16.4 Å². The lowest BCUT2D eigenvalue weighted by molar-refractivity contribution is 0.0956. The summed E-state index contributed by atoms with van der Waals surface area (Å²) in [5.41, 5.74) is 7.65. The number of carbonyl (C=O) groups excluding carboxylic acids is 1. The average molecular weight is 297 g/mol. The molecule has 20 heavy (non-hydrogen) atoms. The van der Waals surface area contributed by atoms with Crippen molar-refractivity contribution in [2.24, 2.45) is 0 Å². The monoisotopic (exact) mass is 297 g/mol. The van der Waals surface area contributed by atoms with Gasteiger partial charge in [-0.05, 0) is 31.5 Å². The lowest BCUT2D eigenvalue weighted by Crippen LogP contribution is -2.24. The van der Waals surface area contributed by atoms with Gasteiger partial charge in [0, 0.05) is 46.8 Å². The molecule has 0 spiro atoms. The summed E-state index contributed by atoms with van der Waals surface area (Å²) in [7, 11) is -0.834. The van der Waals surface area contributed by atoms with E-state index in [2.05, 4.69) is 10.6 Å². The summed E-state index contributed by atoms with van der Waals surface area (Å²) in [5.74, 6) is -0.123. The molecule has 5 nitrogen and oxygen atoms in total. The highest BCUT2D eigenvalue weighted by atomic mass is 32.2. The molecule has 112 valence electrons. The zero-order valence-corrected chi connectivity index (χ0v) is 13.0. The van der Waals surface area contributed by atoms with Crippen molar-refractivity contribution < 1.29 is 9.00 Å². The van der Waals surface area contributed by atoms with Crippen LogP contribution in [0.3, 0.4) is 0 Å². The van der Waals surface area contributed by atoms with Gasteiger partial charge in [0.15, 0.2) is 0 Å². The van der Waals surface area contributed by atoms with Crippen molar-refractivity contribution in [2.75, 3.05) is 30.4 Å². The predicted octanol–water partition coefficient (Wildman–Crippen LogP) is 1.59. The molecule has 0 aliphatic heterocycles. The second-order valence-electron chi connectivity index (χ2n) is 4.69. The van der Waals surface area contributed by atoms with Crippen LogP contribution >= 0.6 is 0 Å². The van der Waals surface area contributed by atoms with E-state index in [9.17, 15) is 9.00 Å². The van der Waals surface area contributed by atoms with E-state index >= 15 is 0 Å². The van der Waals surface area contributed by atoms with Crippen LogP contribution in [0.15, 0.2) is 18.2 Å². The first-order valence-corrected chi connectivity index (χ1v) is 8.31. The van der Waals surface area contributed by atoms with Gasteiger partial charge in [0.2, 0.25) is 0 Å². The normalized spacial score (nSPS) is 13.6. The molecule has 0 heterocycles. The molecule has 0 aromatic heterocycles. The van der Waals surface area contributed by atoms with Gasteiger partial charge in [0.05, 0.1) is 5.56 Å². The molecular formula is C14H23N3O2S. The van der Waals surface area contributed by atoms with Crippen LogP contribution in [-0.4, -0.2) is 34.7 Å². The number of nitrogens with two attached hydrogens (primary N) is 1. The quantitative estimate of drug-likeness (QED) is 0.667. The summed E-state index contributed by atoms with van der Waals surface area (Å²) in [4.78, 5) is 11.9. The third-order valence-corrected chi connectivity index (χ3v) is 4.43. The maximum atomic E-state index is 11.9. The van der Waals surface area contributed by atoms with Gasteiger partial charge >= 0.3 is 0 Å². The van der Waals surface area contributed by atoms with Crippen molar-refractivity contribution in [3.8, 4) is 0 Å². The number of rotatable bonds is 7. The Kier molecular flexibility index (Phi) is 6.51. The van der Waals surface area contributed by atoms with E-state index in [4.69, 9.17) is 5.73 Å². The number of nitrogens with one attached hydrogen (secondary N) is 2. The highest BCUT2D eigenvalue weighted by molar-refractivity contribution is 7.84. The number of hydrogen-bond donors (Lipinski definition) is 3. The fourth-order valence-electron chi connectivity index (χ4n) is 1.74. The number of hydrogen-bond acceptors (Lipinski definition) is 4. The molecule has 4 N–H and O–H groups in total. The van der Waals surface area contributed by atoms with Crippen molar-refractivity contribution in [1.82, 2.24) is 5.32 Å². The maximum Gasteiger partial charge on any atom is 0.253 e. The predicted molar refractivity (Wildman–Crippen MR) is 85.5 cm³/mol. The summed E-state index contributed by atoms with van der Waals surface area (Å²) < 4.78 is 11.3. The number of anilines is 2. The van der Waals surface area contributed by atoms with E-state index in [0.29, 0.717) is 30.0 Å². The molecule has 0 bridgehead atoms. The number of nitrogen functional groups attached to an aromatic ring is 1. The summed E-state index contributed by atoms with van der Waals surface area (Å²) in [6.07, 6.45) is 2.47. The van der Waals surface area contributed by atoms with Crippen LogP contribution in [0.25, 0.3) is 0 Å². The smallest absolute Gasteiger partial charge is 0.253 e. The van der Waals surface area contributed by atoms with Crippen molar-refractivity contribution in [2.45, 2.75) is 25.5 Å². The number of amides is 1.